The maximum atomic E-state index is 5.36. The molecule has 1 aliphatic heterocycles. The molecule has 1 aliphatic rings. The molecule has 0 aliphatic carbocycles. The molecule has 0 bridgehead atoms. The SMILES string of the molecule is C#Cc1cnccc1C1CNC1. The fourth-order valence-electron chi connectivity index (χ4n) is 1.39. The molecule has 0 aromatic carbocycles. The van der Waals surface area contributed by atoms with E-state index in [4.69, 9.17) is 6.42 Å². The molecular weight excluding hydrogens is 148 g/mol. The highest BCUT2D eigenvalue weighted by Crippen LogP contribution is 2.21. The van der Waals surface area contributed by atoms with Gasteiger partial charge in [-0.15, -0.1) is 6.42 Å². The minimum atomic E-state index is 0.596. The Hall–Kier alpha value is -1.33. The van der Waals surface area contributed by atoms with E-state index in [0.29, 0.717) is 5.92 Å². The molecule has 1 aromatic heterocycles. The lowest BCUT2D eigenvalue weighted by molar-refractivity contribution is 0.447. The molecule has 60 valence electrons. The van der Waals surface area contributed by atoms with Crippen LogP contribution in [-0.4, -0.2) is 18.1 Å². The van der Waals surface area contributed by atoms with E-state index in [2.05, 4.69) is 16.2 Å². The van der Waals surface area contributed by atoms with Crippen LogP contribution < -0.4 is 5.32 Å². The average Bonchev–Trinajstić information content (AvgIpc) is 2.02. The zero-order chi connectivity index (χ0) is 8.39. The lowest BCUT2D eigenvalue weighted by atomic mass is 9.91. The van der Waals surface area contributed by atoms with Crippen molar-refractivity contribution in [2.75, 3.05) is 13.1 Å². The van der Waals surface area contributed by atoms with Gasteiger partial charge in [0.25, 0.3) is 0 Å². The van der Waals surface area contributed by atoms with Crippen molar-refractivity contribution in [1.29, 1.82) is 0 Å². The molecule has 2 rings (SSSR count). The Kier molecular flexibility index (Phi) is 1.81. The van der Waals surface area contributed by atoms with Crippen molar-refractivity contribution in [2.24, 2.45) is 0 Å². The molecule has 12 heavy (non-hydrogen) atoms. The van der Waals surface area contributed by atoms with Crippen LogP contribution in [-0.2, 0) is 0 Å². The zero-order valence-corrected chi connectivity index (χ0v) is 6.75. The van der Waals surface area contributed by atoms with Crippen LogP contribution in [0.1, 0.15) is 17.0 Å². The Balaban J connectivity index is 2.35. The van der Waals surface area contributed by atoms with E-state index in [1.807, 2.05) is 6.07 Å². The van der Waals surface area contributed by atoms with Gasteiger partial charge >= 0.3 is 0 Å². The summed E-state index contributed by atoms with van der Waals surface area (Å²) < 4.78 is 0. The molecule has 0 amide bonds. The normalized spacial score (nSPS) is 16.6. The van der Waals surface area contributed by atoms with Gasteiger partial charge in [0, 0.05) is 37.0 Å². The summed E-state index contributed by atoms with van der Waals surface area (Å²) in [6.45, 7) is 2.08. The largest absolute Gasteiger partial charge is 0.315 e. The van der Waals surface area contributed by atoms with Gasteiger partial charge in [0.1, 0.15) is 0 Å². The van der Waals surface area contributed by atoms with E-state index in [1.165, 1.54) is 5.56 Å². The summed E-state index contributed by atoms with van der Waals surface area (Å²) in [5.41, 5.74) is 2.19. The van der Waals surface area contributed by atoms with Gasteiger partial charge in [0.15, 0.2) is 0 Å². The van der Waals surface area contributed by atoms with Gasteiger partial charge < -0.3 is 5.32 Å². The molecule has 2 heterocycles. The number of rotatable bonds is 1. The number of terminal acetylenes is 1. The Morgan fingerprint density at radius 1 is 1.58 bits per heavy atom. The molecule has 0 saturated carbocycles. The van der Waals surface area contributed by atoms with Crippen molar-refractivity contribution >= 4 is 0 Å². The van der Waals surface area contributed by atoms with Crippen LogP contribution in [0, 0.1) is 12.3 Å². The van der Waals surface area contributed by atoms with Crippen LogP contribution >= 0.6 is 0 Å². The first-order chi connectivity index (χ1) is 5.92. The van der Waals surface area contributed by atoms with Crippen LogP contribution in [0.3, 0.4) is 0 Å². The van der Waals surface area contributed by atoms with Crippen molar-refractivity contribution in [2.45, 2.75) is 5.92 Å². The summed E-state index contributed by atoms with van der Waals surface area (Å²) in [7, 11) is 0. The van der Waals surface area contributed by atoms with E-state index in [0.717, 1.165) is 18.7 Å². The first-order valence-electron chi connectivity index (χ1n) is 4.03. The second-order valence-corrected chi connectivity index (χ2v) is 2.96. The Morgan fingerprint density at radius 2 is 2.42 bits per heavy atom. The molecule has 0 unspecified atom stereocenters. The van der Waals surface area contributed by atoms with E-state index < -0.39 is 0 Å². The number of pyridine rings is 1. The van der Waals surface area contributed by atoms with E-state index in [9.17, 15) is 0 Å². The standard InChI is InChI=1S/C10H10N2/c1-2-8-5-11-4-3-10(8)9-6-12-7-9/h1,3-5,9,12H,6-7H2. The number of nitrogens with zero attached hydrogens (tertiary/aromatic N) is 1. The molecule has 1 aromatic rings. The third kappa shape index (κ3) is 1.09. The van der Waals surface area contributed by atoms with Gasteiger partial charge in [-0.05, 0) is 11.6 Å². The summed E-state index contributed by atoms with van der Waals surface area (Å²) in [5.74, 6) is 3.25. The highest BCUT2D eigenvalue weighted by molar-refractivity contribution is 5.40. The van der Waals surface area contributed by atoms with Crippen molar-refractivity contribution in [3.8, 4) is 12.3 Å². The molecular formula is C10H10N2. The van der Waals surface area contributed by atoms with Crippen molar-refractivity contribution in [3.63, 3.8) is 0 Å². The molecule has 2 heteroatoms. The molecule has 1 fully saturated rings. The molecule has 1 saturated heterocycles. The minimum absolute atomic E-state index is 0.596. The highest BCUT2D eigenvalue weighted by Gasteiger charge is 2.20. The summed E-state index contributed by atoms with van der Waals surface area (Å²) >= 11 is 0. The topological polar surface area (TPSA) is 24.9 Å². The predicted octanol–water partition coefficient (Wildman–Crippen LogP) is 0.750. The first-order valence-corrected chi connectivity index (χ1v) is 4.03. The number of hydrogen-bond acceptors (Lipinski definition) is 2. The Morgan fingerprint density at radius 3 is 3.00 bits per heavy atom. The monoisotopic (exact) mass is 158 g/mol. The van der Waals surface area contributed by atoms with E-state index in [-0.39, 0.29) is 0 Å². The average molecular weight is 158 g/mol. The minimum Gasteiger partial charge on any atom is -0.315 e. The van der Waals surface area contributed by atoms with Crippen LogP contribution in [0.4, 0.5) is 0 Å². The maximum Gasteiger partial charge on any atom is 0.0461 e. The van der Waals surface area contributed by atoms with Gasteiger partial charge in [0.2, 0.25) is 0 Å². The number of nitrogens with one attached hydrogen (secondary N) is 1. The summed E-state index contributed by atoms with van der Waals surface area (Å²) in [5, 5.41) is 3.22. The number of hydrogen-bond donors (Lipinski definition) is 1. The predicted molar refractivity (Wildman–Crippen MR) is 47.8 cm³/mol. The highest BCUT2D eigenvalue weighted by atomic mass is 14.9. The van der Waals surface area contributed by atoms with E-state index in [1.54, 1.807) is 12.4 Å². The van der Waals surface area contributed by atoms with Gasteiger partial charge in [-0.3, -0.25) is 4.98 Å². The van der Waals surface area contributed by atoms with Crippen LogP contribution in [0.2, 0.25) is 0 Å². The Labute approximate surface area is 72.0 Å². The second-order valence-electron chi connectivity index (χ2n) is 2.96. The molecule has 0 atom stereocenters. The lowest BCUT2D eigenvalue weighted by Gasteiger charge is -2.28. The van der Waals surface area contributed by atoms with Crippen molar-refractivity contribution in [1.82, 2.24) is 10.3 Å². The van der Waals surface area contributed by atoms with Gasteiger partial charge in [-0.2, -0.15) is 0 Å². The van der Waals surface area contributed by atoms with Gasteiger partial charge in [-0.1, -0.05) is 5.92 Å². The molecule has 0 spiro atoms. The molecule has 2 nitrogen and oxygen atoms in total. The second kappa shape index (κ2) is 2.96. The van der Waals surface area contributed by atoms with Gasteiger partial charge in [-0.25, -0.2) is 0 Å². The zero-order valence-electron chi connectivity index (χ0n) is 6.75. The van der Waals surface area contributed by atoms with E-state index >= 15 is 0 Å². The smallest absolute Gasteiger partial charge is 0.0461 e. The fraction of sp³-hybridized carbons (Fsp3) is 0.300. The quantitative estimate of drug-likeness (QED) is 0.610. The van der Waals surface area contributed by atoms with Crippen molar-refractivity contribution in [3.05, 3.63) is 29.6 Å². The van der Waals surface area contributed by atoms with Crippen LogP contribution in [0.15, 0.2) is 18.5 Å². The maximum absolute atomic E-state index is 5.36. The third-order valence-corrected chi connectivity index (χ3v) is 2.23. The van der Waals surface area contributed by atoms with Crippen LogP contribution in [0.25, 0.3) is 0 Å². The summed E-state index contributed by atoms with van der Waals surface area (Å²) in [6.07, 6.45) is 8.91. The van der Waals surface area contributed by atoms with Crippen LogP contribution in [0.5, 0.6) is 0 Å². The number of aromatic nitrogens is 1. The summed E-state index contributed by atoms with van der Waals surface area (Å²) in [6, 6.07) is 2.01. The first kappa shape index (κ1) is 7.33. The molecule has 1 N–H and O–H groups in total. The Bertz CT molecular complexity index is 321. The lowest BCUT2D eigenvalue weighted by Crippen LogP contribution is -2.40. The summed E-state index contributed by atoms with van der Waals surface area (Å²) in [4.78, 5) is 3.99. The van der Waals surface area contributed by atoms with Gasteiger partial charge in [0.05, 0.1) is 0 Å². The van der Waals surface area contributed by atoms with Crippen molar-refractivity contribution < 1.29 is 0 Å². The third-order valence-electron chi connectivity index (χ3n) is 2.23. The fourth-order valence-corrected chi connectivity index (χ4v) is 1.39. The molecule has 0 radical (unpaired) electrons.